The Morgan fingerprint density at radius 3 is 2.00 bits per heavy atom. The second-order valence-electron chi connectivity index (χ2n) is 11.7. The van der Waals surface area contributed by atoms with Gasteiger partial charge in [0.1, 0.15) is 0 Å². The van der Waals surface area contributed by atoms with Crippen molar-refractivity contribution in [1.29, 1.82) is 0 Å². The quantitative estimate of drug-likeness (QED) is 0.223. The minimum atomic E-state index is -0.826. The first-order valence-electron chi connectivity index (χ1n) is 12.5. The number of hydrogen-bond acceptors (Lipinski definition) is 0. The molecule has 0 aliphatic heterocycles. The summed E-state index contributed by atoms with van der Waals surface area (Å²) in [4.78, 5) is 0. The van der Waals surface area contributed by atoms with Crippen LogP contribution in [0.2, 0.25) is 0 Å². The fraction of sp³-hybridized carbons (Fsp3) is 0.613. The van der Waals surface area contributed by atoms with Gasteiger partial charge in [0.15, 0.2) is 0 Å². The van der Waals surface area contributed by atoms with Crippen LogP contribution >= 0.6 is 17.0 Å². The second-order valence-corrected chi connectivity index (χ2v) is 15.5. The first-order valence-corrected chi connectivity index (χ1v) is 18.8. The molecule has 2 fully saturated rings. The molecular formula is C31H48Cl2Zr. The Bertz CT molecular complexity index is 778. The predicted octanol–water partition coefficient (Wildman–Crippen LogP) is 10.6. The third-order valence-electron chi connectivity index (χ3n) is 8.87. The Hall–Kier alpha value is 0.163. The zero-order chi connectivity index (χ0) is 23.5. The van der Waals surface area contributed by atoms with E-state index in [9.17, 15) is 0 Å². The van der Waals surface area contributed by atoms with E-state index >= 15 is 0 Å². The Labute approximate surface area is 231 Å². The van der Waals surface area contributed by atoms with Crippen molar-refractivity contribution in [2.24, 2.45) is 46.3 Å². The zero-order valence-electron chi connectivity index (χ0n) is 22.7. The van der Waals surface area contributed by atoms with Gasteiger partial charge >= 0.3 is 37.9 Å². The number of halogens is 2. The summed E-state index contributed by atoms with van der Waals surface area (Å²) in [5.74, 6) is 4.32. The van der Waals surface area contributed by atoms with Crippen LogP contribution in [0.25, 0.3) is 0 Å². The Balaban J connectivity index is 0.00000110. The fourth-order valence-electron chi connectivity index (χ4n) is 7.31. The maximum atomic E-state index is 4.93. The van der Waals surface area contributed by atoms with Crippen molar-refractivity contribution in [3.8, 4) is 0 Å². The van der Waals surface area contributed by atoms with Gasteiger partial charge in [-0.2, -0.15) is 0 Å². The first-order chi connectivity index (χ1) is 15.2. The normalized spacial score (nSPS) is 31.2. The van der Waals surface area contributed by atoms with Crippen LogP contribution < -0.4 is 0 Å². The van der Waals surface area contributed by atoms with E-state index in [0.29, 0.717) is 29.1 Å². The van der Waals surface area contributed by atoms with E-state index in [0.717, 1.165) is 18.3 Å². The van der Waals surface area contributed by atoms with E-state index < -0.39 is 20.8 Å². The number of rotatable bonds is 5. The summed E-state index contributed by atoms with van der Waals surface area (Å²) in [7, 11) is 9.87. The molecule has 0 aromatic heterocycles. The van der Waals surface area contributed by atoms with E-state index in [1.165, 1.54) is 37.7 Å². The molecule has 0 nitrogen and oxygen atoms in total. The molecule has 0 aromatic carbocycles. The number of allylic oxidation sites excluding steroid dienone is 9. The van der Waals surface area contributed by atoms with Crippen LogP contribution in [0.4, 0.5) is 0 Å². The summed E-state index contributed by atoms with van der Waals surface area (Å²) < 4.78 is 0. The summed E-state index contributed by atoms with van der Waals surface area (Å²) in [6.07, 6.45) is 25.7. The van der Waals surface area contributed by atoms with E-state index in [4.69, 9.17) is 17.0 Å². The van der Waals surface area contributed by atoms with Crippen molar-refractivity contribution >= 4 is 17.0 Å². The van der Waals surface area contributed by atoms with Gasteiger partial charge in [0.25, 0.3) is 0 Å². The summed E-state index contributed by atoms with van der Waals surface area (Å²) >= 11 is -0.826. The van der Waals surface area contributed by atoms with Gasteiger partial charge in [0.2, 0.25) is 0 Å². The maximum absolute atomic E-state index is 4.93. The van der Waals surface area contributed by atoms with Crippen molar-refractivity contribution in [1.82, 2.24) is 0 Å². The van der Waals surface area contributed by atoms with Crippen LogP contribution in [0.1, 0.15) is 73.1 Å². The molecular weight excluding hydrogens is 534 g/mol. The molecule has 3 heteroatoms. The molecule has 0 bridgehead atoms. The van der Waals surface area contributed by atoms with Gasteiger partial charge in [-0.1, -0.05) is 88.6 Å². The Morgan fingerprint density at radius 2 is 1.47 bits per heavy atom. The van der Waals surface area contributed by atoms with Crippen molar-refractivity contribution in [3.63, 3.8) is 0 Å². The molecule has 0 heterocycles. The van der Waals surface area contributed by atoms with Crippen molar-refractivity contribution in [2.45, 2.75) is 73.1 Å². The summed E-state index contributed by atoms with van der Waals surface area (Å²) in [6.45, 7) is 16.2. The summed E-state index contributed by atoms with van der Waals surface area (Å²) in [6, 6.07) is 0. The van der Waals surface area contributed by atoms with Crippen LogP contribution in [0.15, 0.2) is 60.3 Å². The predicted molar refractivity (Wildman–Crippen MR) is 151 cm³/mol. The average molecular weight is 583 g/mol. The van der Waals surface area contributed by atoms with Crippen molar-refractivity contribution in [3.05, 3.63) is 75.1 Å². The van der Waals surface area contributed by atoms with Gasteiger partial charge in [0.05, 0.1) is 0 Å². The molecule has 0 amide bonds. The molecule has 190 valence electrons. The summed E-state index contributed by atoms with van der Waals surface area (Å²) in [5.41, 5.74) is 3.65. The van der Waals surface area contributed by atoms with Gasteiger partial charge < -0.3 is 14.9 Å². The van der Waals surface area contributed by atoms with Gasteiger partial charge in [0, 0.05) is 0 Å². The fourth-order valence-corrected chi connectivity index (χ4v) is 7.31. The number of hydrogen-bond donors (Lipinski definition) is 0. The molecule has 4 rings (SSSR count). The third kappa shape index (κ3) is 6.72. The second kappa shape index (κ2) is 13.6. The van der Waals surface area contributed by atoms with Crippen molar-refractivity contribution < 1.29 is 20.8 Å². The molecule has 2 saturated carbocycles. The first kappa shape index (κ1) is 32.2. The van der Waals surface area contributed by atoms with E-state index in [1.807, 2.05) is 0 Å². The van der Waals surface area contributed by atoms with Crippen LogP contribution in [-0.2, 0) is 20.8 Å². The van der Waals surface area contributed by atoms with Crippen LogP contribution in [0.5, 0.6) is 0 Å². The van der Waals surface area contributed by atoms with E-state index in [1.54, 1.807) is 5.57 Å². The average Bonchev–Trinajstić information content (AvgIpc) is 3.38. The number of fused-ring (bicyclic) bond motifs is 3. The zero-order valence-corrected chi connectivity index (χ0v) is 26.7. The summed E-state index contributed by atoms with van der Waals surface area (Å²) in [5, 5.41) is 0. The van der Waals surface area contributed by atoms with Crippen LogP contribution in [0.3, 0.4) is 0 Å². The van der Waals surface area contributed by atoms with E-state index in [2.05, 4.69) is 83.7 Å². The van der Waals surface area contributed by atoms with Gasteiger partial charge in [-0.3, -0.25) is 0 Å². The van der Waals surface area contributed by atoms with Gasteiger partial charge in [-0.15, -0.1) is 6.58 Å². The minimum absolute atomic E-state index is 0. The molecule has 6 atom stereocenters. The molecule has 34 heavy (non-hydrogen) atoms. The molecule has 0 N–H and O–H groups in total. The van der Waals surface area contributed by atoms with Gasteiger partial charge in [-0.25, -0.2) is 0 Å². The molecule has 4 aliphatic carbocycles. The SMILES string of the molecule is C=CCCC(C)(C1CCCC1)C1C2C=C(C)C=CC2C2C=CC(C(C)(C)C)=CC21.[CH3-].[CH3-].[Cl][Zr+2][Cl]. The molecule has 0 radical (unpaired) electrons. The van der Waals surface area contributed by atoms with E-state index in [-0.39, 0.29) is 20.3 Å². The van der Waals surface area contributed by atoms with Crippen LogP contribution in [0, 0.1) is 61.2 Å². The topological polar surface area (TPSA) is 0 Å². The molecule has 0 spiro atoms. The monoisotopic (exact) mass is 580 g/mol. The van der Waals surface area contributed by atoms with Crippen molar-refractivity contribution in [2.75, 3.05) is 0 Å². The molecule has 4 aliphatic rings. The Morgan fingerprint density at radius 1 is 0.941 bits per heavy atom. The third-order valence-corrected chi connectivity index (χ3v) is 8.87. The standard InChI is InChI=1S/C29H42.2CH3.2ClH.Zr/c1-7-8-17-29(6,21-11-9-10-12-21)27-25-18-20(2)13-15-23(25)24-16-14-22(19-26(24)27)28(3,4)5;;;;;/h7,13-16,18-19,21,23-27H,1,8-12,17H2,2-6H3;2*1H3;2*1H;/q;2*-1;;;+4/p-2. The Kier molecular flexibility index (Phi) is 12.9. The molecule has 6 unspecified atom stereocenters. The molecule has 0 saturated heterocycles. The van der Waals surface area contributed by atoms with Crippen LogP contribution in [-0.4, -0.2) is 0 Å². The molecule has 0 aromatic rings. The van der Waals surface area contributed by atoms with Gasteiger partial charge in [-0.05, 0) is 84.5 Å².